The highest BCUT2D eigenvalue weighted by molar-refractivity contribution is 7.12. The molecule has 0 aromatic carbocycles. The number of nitrogens with one attached hydrogen (secondary N) is 1. The van der Waals surface area contributed by atoms with Crippen molar-refractivity contribution in [3.63, 3.8) is 0 Å². The van der Waals surface area contributed by atoms with E-state index in [4.69, 9.17) is 0 Å². The topological polar surface area (TPSA) is 15.3 Å². The van der Waals surface area contributed by atoms with E-state index in [1.54, 1.807) is 0 Å². The van der Waals surface area contributed by atoms with Crippen molar-refractivity contribution < 1.29 is 0 Å². The van der Waals surface area contributed by atoms with Gasteiger partial charge in [-0.2, -0.15) is 0 Å². The fourth-order valence-corrected chi connectivity index (χ4v) is 3.21. The fourth-order valence-electron chi connectivity index (χ4n) is 2.31. The van der Waals surface area contributed by atoms with Crippen molar-refractivity contribution in [2.75, 3.05) is 13.1 Å². The number of nitrogens with zero attached hydrogens (tertiary/aromatic N) is 1. The Balaban J connectivity index is 2.37. The fraction of sp³-hybridized carbons (Fsp3) is 0.733. The van der Waals surface area contributed by atoms with Gasteiger partial charge in [0.25, 0.3) is 0 Å². The third kappa shape index (κ3) is 4.71. The molecule has 1 rings (SSSR count). The largest absolute Gasteiger partial charge is 0.308 e. The lowest BCUT2D eigenvalue weighted by Gasteiger charge is -2.31. The molecule has 0 amide bonds. The molecule has 0 saturated heterocycles. The summed E-state index contributed by atoms with van der Waals surface area (Å²) < 4.78 is 0. The monoisotopic (exact) mass is 268 g/mol. The van der Waals surface area contributed by atoms with Crippen LogP contribution in [0.3, 0.4) is 0 Å². The van der Waals surface area contributed by atoms with E-state index in [2.05, 4.69) is 63.9 Å². The van der Waals surface area contributed by atoms with Crippen molar-refractivity contribution in [2.24, 2.45) is 0 Å². The molecule has 1 aromatic rings. The van der Waals surface area contributed by atoms with Gasteiger partial charge in [0.2, 0.25) is 0 Å². The molecule has 1 heterocycles. The summed E-state index contributed by atoms with van der Waals surface area (Å²) in [6.07, 6.45) is 0. The normalized spacial score (nSPS) is 13.8. The van der Waals surface area contributed by atoms with Crippen molar-refractivity contribution in [3.8, 4) is 0 Å². The van der Waals surface area contributed by atoms with Crippen LogP contribution in [0.4, 0.5) is 0 Å². The molecule has 0 aliphatic rings. The maximum absolute atomic E-state index is 3.62. The molecular formula is C15H28N2S. The predicted molar refractivity (Wildman–Crippen MR) is 82.5 cm³/mol. The van der Waals surface area contributed by atoms with Gasteiger partial charge in [-0.1, -0.05) is 0 Å². The summed E-state index contributed by atoms with van der Waals surface area (Å²) in [4.78, 5) is 5.36. The Kier molecular flexibility index (Phi) is 6.33. The summed E-state index contributed by atoms with van der Waals surface area (Å²) in [5, 5.41) is 3.62. The number of hydrogen-bond donors (Lipinski definition) is 1. The van der Waals surface area contributed by atoms with Gasteiger partial charge in [0.1, 0.15) is 0 Å². The second-order valence-corrected chi connectivity index (χ2v) is 6.87. The van der Waals surface area contributed by atoms with E-state index in [-0.39, 0.29) is 0 Å². The minimum atomic E-state index is 0.463. The highest BCUT2D eigenvalue weighted by Crippen LogP contribution is 2.22. The molecule has 3 heteroatoms. The van der Waals surface area contributed by atoms with Gasteiger partial charge in [-0.05, 0) is 53.7 Å². The Bertz CT molecular complexity index is 336. The number of aryl methyl sites for hydroxylation is 1. The molecule has 0 spiro atoms. The zero-order chi connectivity index (χ0) is 13.7. The molecule has 0 saturated carbocycles. The highest BCUT2D eigenvalue weighted by atomic mass is 32.1. The van der Waals surface area contributed by atoms with Crippen LogP contribution in [0.15, 0.2) is 12.1 Å². The van der Waals surface area contributed by atoms with E-state index in [0.29, 0.717) is 18.1 Å². The summed E-state index contributed by atoms with van der Waals surface area (Å²) in [5.74, 6) is 0. The van der Waals surface area contributed by atoms with E-state index < -0.39 is 0 Å². The molecule has 0 fully saturated rings. The maximum atomic E-state index is 3.62. The van der Waals surface area contributed by atoms with Crippen molar-refractivity contribution in [3.05, 3.63) is 21.9 Å². The Morgan fingerprint density at radius 2 is 1.72 bits per heavy atom. The second kappa shape index (κ2) is 7.27. The summed E-state index contributed by atoms with van der Waals surface area (Å²) >= 11 is 1.89. The number of hydrogen-bond acceptors (Lipinski definition) is 3. The zero-order valence-electron chi connectivity index (χ0n) is 12.7. The van der Waals surface area contributed by atoms with E-state index in [9.17, 15) is 0 Å². The molecule has 104 valence electrons. The Morgan fingerprint density at radius 3 is 2.17 bits per heavy atom. The molecular weight excluding hydrogens is 240 g/mol. The Hall–Kier alpha value is -0.380. The molecule has 0 bridgehead atoms. The van der Waals surface area contributed by atoms with Crippen LogP contribution in [0.5, 0.6) is 0 Å². The Labute approximate surface area is 116 Å². The van der Waals surface area contributed by atoms with Crippen molar-refractivity contribution in [1.29, 1.82) is 0 Å². The van der Waals surface area contributed by atoms with Crippen LogP contribution in [0, 0.1) is 6.92 Å². The van der Waals surface area contributed by atoms with Crippen molar-refractivity contribution in [1.82, 2.24) is 10.2 Å². The lowest BCUT2D eigenvalue weighted by atomic mass is 10.2. The highest BCUT2D eigenvalue weighted by Gasteiger charge is 2.13. The molecule has 2 nitrogen and oxygen atoms in total. The quantitative estimate of drug-likeness (QED) is 0.808. The van der Waals surface area contributed by atoms with Gasteiger partial charge < -0.3 is 5.32 Å². The van der Waals surface area contributed by atoms with E-state index in [1.807, 2.05) is 11.3 Å². The molecule has 1 aromatic heterocycles. The zero-order valence-corrected chi connectivity index (χ0v) is 13.5. The van der Waals surface area contributed by atoms with E-state index in [1.165, 1.54) is 9.75 Å². The first-order valence-corrected chi connectivity index (χ1v) is 7.79. The third-order valence-electron chi connectivity index (χ3n) is 3.34. The summed E-state index contributed by atoms with van der Waals surface area (Å²) in [6.45, 7) is 15.7. The first-order chi connectivity index (χ1) is 8.41. The minimum Gasteiger partial charge on any atom is -0.308 e. The van der Waals surface area contributed by atoms with Gasteiger partial charge in [0, 0.05) is 41.0 Å². The predicted octanol–water partition coefficient (Wildman–Crippen LogP) is 3.83. The van der Waals surface area contributed by atoms with Gasteiger partial charge in [0.05, 0.1) is 0 Å². The van der Waals surface area contributed by atoms with Crippen LogP contribution in [-0.2, 0) is 0 Å². The van der Waals surface area contributed by atoms with E-state index in [0.717, 1.165) is 13.1 Å². The molecule has 0 aliphatic heterocycles. The smallest absolute Gasteiger partial charge is 0.0386 e. The van der Waals surface area contributed by atoms with Crippen LogP contribution in [0.1, 0.15) is 50.4 Å². The SMILES string of the molecule is Cc1ccc(C(C)NCCN(C(C)C)C(C)C)s1. The van der Waals surface area contributed by atoms with Gasteiger partial charge in [-0.15, -0.1) is 11.3 Å². The summed E-state index contributed by atoms with van der Waals surface area (Å²) in [5.41, 5.74) is 0. The number of rotatable bonds is 7. The van der Waals surface area contributed by atoms with Gasteiger partial charge in [-0.25, -0.2) is 0 Å². The van der Waals surface area contributed by atoms with Gasteiger partial charge >= 0.3 is 0 Å². The van der Waals surface area contributed by atoms with E-state index >= 15 is 0 Å². The third-order valence-corrected chi connectivity index (χ3v) is 4.52. The second-order valence-electron chi connectivity index (χ2n) is 5.55. The number of thiophene rings is 1. The minimum absolute atomic E-state index is 0.463. The average Bonchev–Trinajstić information content (AvgIpc) is 2.69. The van der Waals surface area contributed by atoms with Crippen LogP contribution < -0.4 is 5.32 Å². The van der Waals surface area contributed by atoms with Crippen molar-refractivity contribution >= 4 is 11.3 Å². The lowest BCUT2D eigenvalue weighted by molar-refractivity contribution is 0.174. The first kappa shape index (κ1) is 15.7. The molecule has 1 unspecified atom stereocenters. The Morgan fingerprint density at radius 1 is 1.11 bits per heavy atom. The van der Waals surface area contributed by atoms with Crippen molar-refractivity contribution in [2.45, 2.75) is 59.7 Å². The standard InChI is InChI=1S/C15H28N2S/c1-11(2)17(12(3)4)10-9-16-14(6)15-8-7-13(5)18-15/h7-8,11-12,14,16H,9-10H2,1-6H3. The maximum Gasteiger partial charge on any atom is 0.0386 e. The van der Waals surface area contributed by atoms with Crippen LogP contribution in [0.25, 0.3) is 0 Å². The van der Waals surface area contributed by atoms with Crippen LogP contribution in [-0.4, -0.2) is 30.1 Å². The van der Waals surface area contributed by atoms with Crippen LogP contribution >= 0.6 is 11.3 Å². The van der Waals surface area contributed by atoms with Crippen LogP contribution in [0.2, 0.25) is 0 Å². The average molecular weight is 268 g/mol. The van der Waals surface area contributed by atoms with Gasteiger partial charge in [-0.3, -0.25) is 4.90 Å². The summed E-state index contributed by atoms with van der Waals surface area (Å²) in [7, 11) is 0. The summed E-state index contributed by atoms with van der Waals surface area (Å²) in [6, 6.07) is 6.13. The van der Waals surface area contributed by atoms with Gasteiger partial charge in [0.15, 0.2) is 0 Å². The molecule has 1 atom stereocenters. The molecule has 18 heavy (non-hydrogen) atoms. The molecule has 1 N–H and O–H groups in total. The molecule has 0 radical (unpaired) electrons. The molecule has 0 aliphatic carbocycles. The first-order valence-electron chi connectivity index (χ1n) is 6.97. The lowest BCUT2D eigenvalue weighted by Crippen LogP contribution is -2.41.